The molecule has 0 radical (unpaired) electrons. The van der Waals surface area contributed by atoms with E-state index in [-0.39, 0.29) is 5.82 Å². The number of rotatable bonds is 3. The summed E-state index contributed by atoms with van der Waals surface area (Å²) in [5, 5.41) is 3.45. The van der Waals surface area contributed by atoms with Gasteiger partial charge in [0.1, 0.15) is 5.82 Å². The Kier molecular flexibility index (Phi) is 4.36. The third-order valence-corrected chi connectivity index (χ3v) is 3.83. The summed E-state index contributed by atoms with van der Waals surface area (Å²) >= 11 is 3.21. The van der Waals surface area contributed by atoms with Gasteiger partial charge in [0, 0.05) is 18.2 Å². The van der Waals surface area contributed by atoms with Crippen LogP contribution in [0.2, 0.25) is 0 Å². The van der Waals surface area contributed by atoms with Crippen molar-refractivity contribution in [3.63, 3.8) is 0 Å². The van der Waals surface area contributed by atoms with Crippen molar-refractivity contribution in [3.8, 4) is 0 Å². The lowest BCUT2D eigenvalue weighted by Gasteiger charge is -2.23. The van der Waals surface area contributed by atoms with Crippen LogP contribution in [0.25, 0.3) is 0 Å². The molecule has 1 N–H and O–H groups in total. The van der Waals surface area contributed by atoms with E-state index >= 15 is 0 Å². The van der Waals surface area contributed by atoms with Gasteiger partial charge in [0.25, 0.3) is 0 Å². The quantitative estimate of drug-likeness (QED) is 0.885. The maximum atomic E-state index is 13.7. The molecule has 1 aromatic rings. The van der Waals surface area contributed by atoms with E-state index in [4.69, 9.17) is 0 Å². The minimum absolute atomic E-state index is 0.134. The zero-order valence-electron chi connectivity index (χ0n) is 9.31. The fraction of sp³-hybridized carbons (Fsp3) is 0.538. The highest BCUT2D eigenvalue weighted by molar-refractivity contribution is 9.10. The fourth-order valence-electron chi connectivity index (χ4n) is 2.25. The van der Waals surface area contributed by atoms with Crippen molar-refractivity contribution in [1.82, 2.24) is 5.32 Å². The van der Waals surface area contributed by atoms with E-state index in [9.17, 15) is 4.39 Å². The summed E-state index contributed by atoms with van der Waals surface area (Å²) in [6, 6.07) is 6.03. The van der Waals surface area contributed by atoms with Gasteiger partial charge in [-0.3, -0.25) is 0 Å². The van der Waals surface area contributed by atoms with E-state index in [0.29, 0.717) is 17.1 Å². The van der Waals surface area contributed by atoms with Gasteiger partial charge < -0.3 is 5.32 Å². The molecule has 0 saturated heterocycles. The van der Waals surface area contributed by atoms with Crippen molar-refractivity contribution in [3.05, 3.63) is 34.1 Å². The highest BCUT2D eigenvalue weighted by Gasteiger charge is 2.13. The second-order valence-corrected chi connectivity index (χ2v) is 5.28. The largest absolute Gasteiger partial charge is 0.310 e. The molecule has 1 aliphatic rings. The van der Waals surface area contributed by atoms with Crippen molar-refractivity contribution < 1.29 is 4.39 Å². The third kappa shape index (κ3) is 3.05. The van der Waals surface area contributed by atoms with Crippen LogP contribution < -0.4 is 5.32 Å². The first-order chi connectivity index (χ1) is 7.77. The zero-order chi connectivity index (χ0) is 11.4. The summed E-state index contributed by atoms with van der Waals surface area (Å²) in [6.45, 7) is 0.635. The predicted molar refractivity (Wildman–Crippen MR) is 67.8 cm³/mol. The first-order valence-corrected chi connectivity index (χ1v) is 6.73. The van der Waals surface area contributed by atoms with Gasteiger partial charge in [-0.1, -0.05) is 31.4 Å². The highest BCUT2D eigenvalue weighted by Crippen LogP contribution is 2.20. The summed E-state index contributed by atoms with van der Waals surface area (Å²) in [6.07, 6.45) is 6.42. The van der Waals surface area contributed by atoms with Crippen LogP contribution in [-0.4, -0.2) is 6.04 Å². The maximum Gasteiger partial charge on any atom is 0.141 e. The lowest BCUT2D eigenvalue weighted by Crippen LogP contribution is -2.30. The Morgan fingerprint density at radius 3 is 2.75 bits per heavy atom. The van der Waals surface area contributed by atoms with Crippen LogP contribution in [0.4, 0.5) is 4.39 Å². The number of benzene rings is 1. The fourth-order valence-corrected chi connectivity index (χ4v) is 2.65. The molecule has 0 spiro atoms. The molecule has 0 aromatic heterocycles. The van der Waals surface area contributed by atoms with Crippen LogP contribution in [0.3, 0.4) is 0 Å². The molecule has 16 heavy (non-hydrogen) atoms. The Bertz CT molecular complexity index is 348. The van der Waals surface area contributed by atoms with Crippen molar-refractivity contribution in [2.45, 2.75) is 44.7 Å². The van der Waals surface area contributed by atoms with Crippen LogP contribution in [-0.2, 0) is 6.54 Å². The topological polar surface area (TPSA) is 12.0 Å². The second kappa shape index (κ2) is 5.78. The van der Waals surface area contributed by atoms with Crippen molar-refractivity contribution in [2.24, 2.45) is 0 Å². The Morgan fingerprint density at radius 2 is 2.00 bits per heavy atom. The van der Waals surface area contributed by atoms with Gasteiger partial charge >= 0.3 is 0 Å². The van der Waals surface area contributed by atoms with E-state index in [0.717, 1.165) is 5.56 Å². The molecule has 0 atom stereocenters. The van der Waals surface area contributed by atoms with Gasteiger partial charge in [0.15, 0.2) is 0 Å². The molecular weight excluding hydrogens is 269 g/mol. The monoisotopic (exact) mass is 285 g/mol. The van der Waals surface area contributed by atoms with Gasteiger partial charge in [-0.25, -0.2) is 4.39 Å². The molecule has 1 aliphatic carbocycles. The van der Waals surface area contributed by atoms with Gasteiger partial charge in [-0.05, 0) is 34.8 Å². The van der Waals surface area contributed by atoms with Crippen molar-refractivity contribution >= 4 is 15.9 Å². The Balaban J connectivity index is 1.91. The van der Waals surface area contributed by atoms with Gasteiger partial charge in [0.2, 0.25) is 0 Å². The molecular formula is C13H17BrFN. The van der Waals surface area contributed by atoms with Gasteiger partial charge in [-0.15, -0.1) is 0 Å². The molecule has 1 nitrogen and oxygen atoms in total. The predicted octanol–water partition coefficient (Wildman–Crippen LogP) is 4.01. The molecule has 0 aliphatic heterocycles. The molecule has 0 amide bonds. The lowest BCUT2D eigenvalue weighted by molar-refractivity contribution is 0.370. The average Bonchev–Trinajstić information content (AvgIpc) is 2.32. The van der Waals surface area contributed by atoms with Crippen molar-refractivity contribution in [2.75, 3.05) is 0 Å². The number of hydrogen-bond donors (Lipinski definition) is 1. The van der Waals surface area contributed by atoms with E-state index in [2.05, 4.69) is 21.2 Å². The molecule has 1 aromatic carbocycles. The summed E-state index contributed by atoms with van der Waals surface area (Å²) in [4.78, 5) is 0. The molecule has 3 heteroatoms. The first kappa shape index (κ1) is 12.1. The van der Waals surface area contributed by atoms with E-state index < -0.39 is 0 Å². The van der Waals surface area contributed by atoms with E-state index in [1.54, 1.807) is 6.07 Å². The smallest absolute Gasteiger partial charge is 0.141 e. The van der Waals surface area contributed by atoms with Crippen LogP contribution in [0.1, 0.15) is 37.7 Å². The molecule has 0 unspecified atom stereocenters. The molecule has 88 valence electrons. The summed E-state index contributed by atoms with van der Waals surface area (Å²) < 4.78 is 14.2. The van der Waals surface area contributed by atoms with Gasteiger partial charge in [0.05, 0.1) is 4.47 Å². The number of halogens is 2. The Morgan fingerprint density at radius 1 is 1.25 bits per heavy atom. The van der Waals surface area contributed by atoms with Crippen LogP contribution in [0.15, 0.2) is 22.7 Å². The lowest BCUT2D eigenvalue weighted by atomic mass is 9.95. The summed E-state index contributed by atoms with van der Waals surface area (Å²) in [7, 11) is 0. The van der Waals surface area contributed by atoms with Gasteiger partial charge in [-0.2, -0.15) is 0 Å². The maximum absolute atomic E-state index is 13.7. The Hall–Kier alpha value is -0.410. The van der Waals surface area contributed by atoms with E-state index in [1.807, 2.05) is 12.1 Å². The molecule has 0 heterocycles. The molecule has 2 rings (SSSR count). The molecule has 0 bridgehead atoms. The molecule has 1 fully saturated rings. The van der Waals surface area contributed by atoms with Crippen LogP contribution >= 0.6 is 15.9 Å². The summed E-state index contributed by atoms with van der Waals surface area (Å²) in [5.41, 5.74) is 0.750. The number of nitrogens with one attached hydrogen (secondary N) is 1. The summed E-state index contributed by atoms with van der Waals surface area (Å²) in [5.74, 6) is -0.134. The minimum Gasteiger partial charge on any atom is -0.310 e. The minimum atomic E-state index is -0.134. The average molecular weight is 286 g/mol. The van der Waals surface area contributed by atoms with Crippen LogP contribution in [0, 0.1) is 5.82 Å². The Labute approximate surface area is 105 Å². The second-order valence-electron chi connectivity index (χ2n) is 4.43. The van der Waals surface area contributed by atoms with Crippen molar-refractivity contribution in [1.29, 1.82) is 0 Å². The first-order valence-electron chi connectivity index (χ1n) is 5.93. The van der Waals surface area contributed by atoms with E-state index in [1.165, 1.54) is 32.1 Å². The highest BCUT2D eigenvalue weighted by atomic mass is 79.9. The number of hydrogen-bond acceptors (Lipinski definition) is 1. The molecule has 1 saturated carbocycles. The SMILES string of the molecule is Fc1c(Br)cccc1CNC1CCCCC1. The zero-order valence-corrected chi connectivity index (χ0v) is 10.9. The van der Waals surface area contributed by atoms with Crippen LogP contribution in [0.5, 0.6) is 0 Å². The normalized spacial score (nSPS) is 17.6. The standard InChI is InChI=1S/C13H17BrFN/c14-12-8-4-5-10(13(12)15)9-16-11-6-2-1-3-7-11/h4-5,8,11,16H,1-3,6-7,9H2. The third-order valence-electron chi connectivity index (χ3n) is 3.22.